The largest absolute Gasteiger partial charge is 0.368 e. The normalized spacial score (nSPS) is 21.2. The summed E-state index contributed by atoms with van der Waals surface area (Å²) < 4.78 is 5.61. The standard InChI is InChI=1S/C18H25ClN2O2.ClH/c1-23-18(9-11-20-12-10-18)16(22)21-13-17(7-2-8-17)14-3-5-15(19)6-4-14;/h3-6,20H,2,7-13H2,1H3,(H,21,22);1H. The van der Waals surface area contributed by atoms with E-state index in [1.54, 1.807) is 7.11 Å². The van der Waals surface area contributed by atoms with Crippen LogP contribution in [0.15, 0.2) is 24.3 Å². The Balaban J connectivity index is 0.00000208. The van der Waals surface area contributed by atoms with Gasteiger partial charge in [-0.15, -0.1) is 12.4 Å². The molecule has 1 heterocycles. The molecule has 6 heteroatoms. The van der Waals surface area contributed by atoms with E-state index in [4.69, 9.17) is 16.3 Å². The molecule has 2 N–H and O–H groups in total. The monoisotopic (exact) mass is 372 g/mol. The number of hydrogen-bond donors (Lipinski definition) is 2. The van der Waals surface area contributed by atoms with Crippen molar-refractivity contribution in [3.05, 3.63) is 34.9 Å². The van der Waals surface area contributed by atoms with Crippen LogP contribution in [0.2, 0.25) is 5.02 Å². The van der Waals surface area contributed by atoms with E-state index < -0.39 is 5.60 Å². The highest BCUT2D eigenvalue weighted by Gasteiger charge is 2.43. The number of piperidine rings is 1. The highest BCUT2D eigenvalue weighted by molar-refractivity contribution is 6.30. The van der Waals surface area contributed by atoms with Crippen molar-refractivity contribution in [2.24, 2.45) is 0 Å². The Bertz CT molecular complexity index is 553. The number of halogens is 2. The van der Waals surface area contributed by atoms with E-state index in [2.05, 4.69) is 22.8 Å². The Hall–Kier alpha value is -0.810. The van der Waals surface area contributed by atoms with Crippen molar-refractivity contribution in [2.45, 2.75) is 43.1 Å². The molecule has 24 heavy (non-hydrogen) atoms. The van der Waals surface area contributed by atoms with Gasteiger partial charge in [0, 0.05) is 24.1 Å². The summed E-state index contributed by atoms with van der Waals surface area (Å²) in [7, 11) is 1.64. The first-order valence-corrected chi connectivity index (χ1v) is 8.78. The molecular weight excluding hydrogens is 347 g/mol. The summed E-state index contributed by atoms with van der Waals surface area (Å²) in [6.45, 7) is 2.32. The number of benzene rings is 1. The van der Waals surface area contributed by atoms with Crippen LogP contribution in [0.25, 0.3) is 0 Å². The molecule has 0 unspecified atom stereocenters. The number of rotatable bonds is 5. The number of carbonyl (C=O) groups is 1. The third-order valence-electron chi connectivity index (χ3n) is 5.57. The number of hydrogen-bond acceptors (Lipinski definition) is 3. The molecule has 1 saturated heterocycles. The fourth-order valence-electron chi connectivity index (χ4n) is 3.74. The summed E-state index contributed by atoms with van der Waals surface area (Å²) in [5.41, 5.74) is 0.656. The van der Waals surface area contributed by atoms with Gasteiger partial charge in [0.15, 0.2) is 0 Å². The molecule has 2 fully saturated rings. The molecule has 1 aliphatic heterocycles. The first-order chi connectivity index (χ1) is 11.1. The Morgan fingerprint density at radius 3 is 2.33 bits per heavy atom. The third kappa shape index (κ3) is 3.72. The number of nitrogens with one attached hydrogen (secondary N) is 2. The molecule has 0 spiro atoms. The van der Waals surface area contributed by atoms with E-state index in [0.717, 1.165) is 43.8 Å². The summed E-state index contributed by atoms with van der Waals surface area (Å²) >= 11 is 6.00. The van der Waals surface area contributed by atoms with Crippen LogP contribution in [-0.2, 0) is 14.9 Å². The molecule has 1 aliphatic carbocycles. The van der Waals surface area contributed by atoms with Crippen LogP contribution in [0.1, 0.15) is 37.7 Å². The van der Waals surface area contributed by atoms with E-state index in [-0.39, 0.29) is 23.7 Å². The van der Waals surface area contributed by atoms with E-state index in [9.17, 15) is 4.79 Å². The summed E-state index contributed by atoms with van der Waals surface area (Å²) in [5.74, 6) is 0.0294. The second kappa shape index (κ2) is 8.05. The van der Waals surface area contributed by atoms with Crippen molar-refractivity contribution in [1.29, 1.82) is 0 Å². The second-order valence-electron chi connectivity index (χ2n) is 6.77. The maximum Gasteiger partial charge on any atom is 0.252 e. The van der Waals surface area contributed by atoms with Crippen LogP contribution >= 0.6 is 24.0 Å². The lowest BCUT2D eigenvalue weighted by Gasteiger charge is -2.44. The molecule has 2 aliphatic rings. The summed E-state index contributed by atoms with van der Waals surface area (Å²) in [6.07, 6.45) is 4.87. The van der Waals surface area contributed by atoms with Crippen LogP contribution < -0.4 is 10.6 Å². The van der Waals surface area contributed by atoms with Crippen LogP contribution in [0.5, 0.6) is 0 Å². The molecule has 3 rings (SSSR count). The SMILES string of the molecule is COC1(C(=O)NCC2(c3ccc(Cl)cc3)CCC2)CCNCC1.Cl. The van der Waals surface area contributed by atoms with Gasteiger partial charge in [-0.2, -0.15) is 0 Å². The Morgan fingerprint density at radius 1 is 1.21 bits per heavy atom. The van der Waals surface area contributed by atoms with Gasteiger partial charge in [0.05, 0.1) is 0 Å². The average Bonchev–Trinajstić information content (AvgIpc) is 2.55. The number of methoxy groups -OCH3 is 1. The van der Waals surface area contributed by atoms with Gasteiger partial charge in [-0.1, -0.05) is 30.2 Å². The first-order valence-electron chi connectivity index (χ1n) is 8.41. The molecule has 0 radical (unpaired) electrons. The van der Waals surface area contributed by atoms with Crippen molar-refractivity contribution in [2.75, 3.05) is 26.7 Å². The van der Waals surface area contributed by atoms with Gasteiger partial charge in [0.1, 0.15) is 5.60 Å². The quantitative estimate of drug-likeness (QED) is 0.834. The predicted molar refractivity (Wildman–Crippen MR) is 99.1 cm³/mol. The van der Waals surface area contributed by atoms with E-state index in [0.29, 0.717) is 6.54 Å². The zero-order valence-electron chi connectivity index (χ0n) is 14.1. The number of carbonyl (C=O) groups excluding carboxylic acids is 1. The van der Waals surface area contributed by atoms with Gasteiger partial charge >= 0.3 is 0 Å². The molecule has 1 aromatic rings. The third-order valence-corrected chi connectivity index (χ3v) is 5.82. The van der Waals surface area contributed by atoms with Crippen LogP contribution in [0.4, 0.5) is 0 Å². The minimum absolute atomic E-state index is 0. The van der Waals surface area contributed by atoms with Crippen LogP contribution in [0.3, 0.4) is 0 Å². The van der Waals surface area contributed by atoms with Gasteiger partial charge in [0.2, 0.25) is 0 Å². The summed E-state index contributed by atoms with van der Waals surface area (Å²) in [4.78, 5) is 12.7. The molecule has 0 aromatic heterocycles. The van der Waals surface area contributed by atoms with Crippen molar-refractivity contribution in [1.82, 2.24) is 10.6 Å². The fourth-order valence-corrected chi connectivity index (χ4v) is 3.87. The Labute approximate surface area is 155 Å². The summed E-state index contributed by atoms with van der Waals surface area (Å²) in [6, 6.07) is 8.04. The maximum atomic E-state index is 12.7. The van der Waals surface area contributed by atoms with Gasteiger partial charge in [0.25, 0.3) is 5.91 Å². The maximum absolute atomic E-state index is 12.7. The summed E-state index contributed by atoms with van der Waals surface area (Å²) in [5, 5.41) is 7.21. The molecule has 1 aromatic carbocycles. The van der Waals surface area contributed by atoms with Gasteiger partial charge < -0.3 is 15.4 Å². The molecule has 134 valence electrons. The average molecular weight is 373 g/mol. The van der Waals surface area contributed by atoms with E-state index in [1.165, 1.54) is 12.0 Å². The molecule has 0 atom stereocenters. The van der Waals surface area contributed by atoms with Gasteiger partial charge in [-0.25, -0.2) is 0 Å². The van der Waals surface area contributed by atoms with E-state index in [1.807, 2.05) is 12.1 Å². The first kappa shape index (κ1) is 19.5. The second-order valence-corrected chi connectivity index (χ2v) is 7.21. The smallest absolute Gasteiger partial charge is 0.252 e. The molecule has 1 saturated carbocycles. The minimum Gasteiger partial charge on any atom is -0.368 e. The van der Waals surface area contributed by atoms with Crippen molar-refractivity contribution in [3.63, 3.8) is 0 Å². The fraction of sp³-hybridized carbons (Fsp3) is 0.611. The van der Waals surface area contributed by atoms with E-state index >= 15 is 0 Å². The minimum atomic E-state index is -0.670. The lowest BCUT2D eigenvalue weighted by molar-refractivity contribution is -0.147. The van der Waals surface area contributed by atoms with Crippen molar-refractivity contribution < 1.29 is 9.53 Å². The Morgan fingerprint density at radius 2 is 1.83 bits per heavy atom. The highest BCUT2D eigenvalue weighted by Crippen LogP contribution is 2.43. The van der Waals surface area contributed by atoms with Crippen LogP contribution in [0, 0.1) is 0 Å². The number of amides is 1. The predicted octanol–water partition coefficient (Wildman–Crippen LogP) is 3.07. The topological polar surface area (TPSA) is 50.4 Å². The van der Waals surface area contributed by atoms with Crippen molar-refractivity contribution >= 4 is 29.9 Å². The highest BCUT2D eigenvalue weighted by atomic mass is 35.5. The zero-order chi connectivity index (χ0) is 16.3. The molecule has 4 nitrogen and oxygen atoms in total. The molecule has 1 amide bonds. The lowest BCUT2D eigenvalue weighted by atomic mass is 9.64. The Kier molecular flexibility index (Phi) is 6.54. The lowest BCUT2D eigenvalue weighted by Crippen LogP contribution is -2.56. The van der Waals surface area contributed by atoms with Gasteiger partial charge in [-0.05, 0) is 56.5 Å². The zero-order valence-corrected chi connectivity index (χ0v) is 15.6. The molecule has 0 bridgehead atoms. The number of ether oxygens (including phenoxy) is 1. The van der Waals surface area contributed by atoms with Gasteiger partial charge in [-0.3, -0.25) is 4.79 Å². The van der Waals surface area contributed by atoms with Crippen molar-refractivity contribution in [3.8, 4) is 0 Å². The molecular formula is C18H26Cl2N2O2. The van der Waals surface area contributed by atoms with Crippen LogP contribution in [-0.4, -0.2) is 38.3 Å².